The molecule has 2 amide bonds. The van der Waals surface area contributed by atoms with Gasteiger partial charge in [0.25, 0.3) is 0 Å². The highest BCUT2D eigenvalue weighted by Crippen LogP contribution is 2.27. The van der Waals surface area contributed by atoms with E-state index in [9.17, 15) is 9.59 Å². The van der Waals surface area contributed by atoms with Gasteiger partial charge in [-0.2, -0.15) is 0 Å². The average molecular weight is 572 g/mol. The monoisotopic (exact) mass is 571 g/mol. The average Bonchev–Trinajstić information content (AvgIpc) is 3.49. The molecular formula is C24H38IN5O3. The van der Waals surface area contributed by atoms with Crippen molar-refractivity contribution in [2.75, 3.05) is 47.4 Å². The van der Waals surface area contributed by atoms with Crippen LogP contribution in [0.3, 0.4) is 0 Å². The first-order valence-electron chi connectivity index (χ1n) is 11.6. The second-order valence-electron chi connectivity index (χ2n) is 8.87. The van der Waals surface area contributed by atoms with Gasteiger partial charge in [-0.05, 0) is 43.4 Å². The molecule has 8 nitrogen and oxygen atoms in total. The third-order valence-corrected chi connectivity index (χ3v) is 6.28. The molecule has 1 aliphatic heterocycles. The van der Waals surface area contributed by atoms with E-state index in [1.165, 1.54) is 23.3 Å². The predicted octanol–water partition coefficient (Wildman–Crippen LogP) is 2.27. The number of nitrogens with zero attached hydrogens (tertiary/aromatic N) is 3. The van der Waals surface area contributed by atoms with Gasteiger partial charge in [0.05, 0.1) is 7.11 Å². The van der Waals surface area contributed by atoms with Crippen LogP contribution in [0.15, 0.2) is 29.3 Å². The smallest absolute Gasteiger partial charge is 0.243 e. The van der Waals surface area contributed by atoms with Crippen LogP contribution in [0.1, 0.15) is 37.7 Å². The molecule has 1 saturated carbocycles. The lowest BCUT2D eigenvalue weighted by Crippen LogP contribution is -2.46. The number of ether oxygens (including phenoxy) is 1. The predicted molar refractivity (Wildman–Crippen MR) is 141 cm³/mol. The van der Waals surface area contributed by atoms with Crippen molar-refractivity contribution in [3.05, 3.63) is 29.8 Å². The molecule has 1 unspecified atom stereocenters. The Kier molecular flexibility index (Phi) is 11.2. The van der Waals surface area contributed by atoms with Gasteiger partial charge in [-0.15, -0.1) is 24.0 Å². The van der Waals surface area contributed by atoms with Crippen LogP contribution in [0.5, 0.6) is 5.75 Å². The normalized spacial score (nSPS) is 18.6. The molecule has 0 radical (unpaired) electrons. The molecule has 0 spiro atoms. The maximum Gasteiger partial charge on any atom is 0.243 e. The highest BCUT2D eigenvalue weighted by atomic mass is 127. The van der Waals surface area contributed by atoms with E-state index < -0.39 is 0 Å². The van der Waals surface area contributed by atoms with Crippen LogP contribution < -0.4 is 15.4 Å². The molecule has 1 saturated heterocycles. The molecule has 2 fully saturated rings. The Labute approximate surface area is 214 Å². The molecule has 33 heavy (non-hydrogen) atoms. The van der Waals surface area contributed by atoms with E-state index in [0.717, 1.165) is 38.0 Å². The number of hydrogen-bond acceptors (Lipinski definition) is 4. The summed E-state index contributed by atoms with van der Waals surface area (Å²) >= 11 is 0. The Morgan fingerprint density at radius 3 is 2.48 bits per heavy atom. The summed E-state index contributed by atoms with van der Waals surface area (Å²) in [7, 11) is 5.11. The lowest BCUT2D eigenvalue weighted by molar-refractivity contribution is -0.134. The van der Waals surface area contributed by atoms with Crippen molar-refractivity contribution >= 4 is 41.8 Å². The Morgan fingerprint density at radius 2 is 1.85 bits per heavy atom. The first-order valence-corrected chi connectivity index (χ1v) is 11.6. The number of benzene rings is 1. The standard InChI is InChI=1S/C24H37N5O3.HI/c1-28(2)22(30)16-26-24(25-14-12-18-8-10-21(32-3)11-9-18)27-20-13-15-29(17-20)23(31)19-6-4-5-7-19;/h8-11,19-20H,4-7,12-17H2,1-3H3,(H2,25,26,27);1H. The first-order chi connectivity index (χ1) is 15.5. The molecule has 0 bridgehead atoms. The maximum absolute atomic E-state index is 12.7. The Bertz CT molecular complexity index is 794. The zero-order chi connectivity index (χ0) is 22.9. The van der Waals surface area contributed by atoms with Crippen LogP contribution in [-0.2, 0) is 16.0 Å². The Morgan fingerprint density at radius 1 is 1.15 bits per heavy atom. The van der Waals surface area contributed by atoms with E-state index in [1.807, 2.05) is 29.2 Å². The fourth-order valence-electron chi connectivity index (χ4n) is 4.26. The molecule has 3 rings (SSSR count). The van der Waals surface area contributed by atoms with Crippen molar-refractivity contribution in [2.45, 2.75) is 44.6 Å². The molecule has 0 aromatic heterocycles. The number of carbonyl (C=O) groups excluding carboxylic acids is 2. The van der Waals surface area contributed by atoms with E-state index >= 15 is 0 Å². The number of methoxy groups -OCH3 is 1. The van der Waals surface area contributed by atoms with Gasteiger partial charge in [0.15, 0.2) is 5.96 Å². The van der Waals surface area contributed by atoms with Crippen molar-refractivity contribution in [1.29, 1.82) is 0 Å². The van der Waals surface area contributed by atoms with Crippen molar-refractivity contribution < 1.29 is 14.3 Å². The number of carbonyl (C=O) groups is 2. The number of halogens is 1. The summed E-state index contributed by atoms with van der Waals surface area (Å²) in [5.74, 6) is 1.92. The van der Waals surface area contributed by atoms with E-state index in [0.29, 0.717) is 25.0 Å². The summed E-state index contributed by atoms with van der Waals surface area (Å²) < 4.78 is 5.21. The van der Waals surface area contributed by atoms with Crippen LogP contribution in [0, 0.1) is 5.92 Å². The van der Waals surface area contributed by atoms with E-state index in [1.54, 1.807) is 21.2 Å². The minimum absolute atomic E-state index is 0. The quantitative estimate of drug-likeness (QED) is 0.284. The maximum atomic E-state index is 12.7. The number of likely N-dealkylation sites (tertiary alicyclic amines) is 1. The van der Waals surface area contributed by atoms with Gasteiger partial charge in [0.2, 0.25) is 11.8 Å². The largest absolute Gasteiger partial charge is 0.497 e. The van der Waals surface area contributed by atoms with E-state index in [2.05, 4.69) is 15.6 Å². The summed E-state index contributed by atoms with van der Waals surface area (Å²) in [6.45, 7) is 2.24. The van der Waals surface area contributed by atoms with Crippen molar-refractivity contribution in [2.24, 2.45) is 10.9 Å². The number of aliphatic imine (C=N–C) groups is 1. The summed E-state index contributed by atoms with van der Waals surface area (Å²) in [4.78, 5) is 32.8. The highest BCUT2D eigenvalue weighted by Gasteiger charge is 2.32. The molecule has 184 valence electrons. The minimum atomic E-state index is -0.0503. The van der Waals surface area contributed by atoms with Crippen LogP contribution in [0.2, 0.25) is 0 Å². The molecule has 2 N–H and O–H groups in total. The molecule has 1 aliphatic carbocycles. The minimum Gasteiger partial charge on any atom is -0.497 e. The van der Waals surface area contributed by atoms with Gasteiger partial charge in [0.1, 0.15) is 12.3 Å². The van der Waals surface area contributed by atoms with Crippen LogP contribution >= 0.6 is 24.0 Å². The number of rotatable bonds is 8. The molecule has 1 aromatic rings. The molecule has 9 heteroatoms. The SMILES string of the molecule is COc1ccc(CCNC(=NCC(=O)N(C)C)NC2CCN(C(=O)C3CCCC3)C2)cc1.I. The molecule has 1 aromatic carbocycles. The van der Waals surface area contributed by atoms with Crippen LogP contribution in [0.25, 0.3) is 0 Å². The number of guanidine groups is 1. The summed E-state index contributed by atoms with van der Waals surface area (Å²) in [5.41, 5.74) is 1.19. The van der Waals surface area contributed by atoms with Gasteiger partial charge < -0.3 is 25.2 Å². The van der Waals surface area contributed by atoms with E-state index in [-0.39, 0.29) is 48.4 Å². The number of hydrogen-bond donors (Lipinski definition) is 2. The zero-order valence-corrected chi connectivity index (χ0v) is 22.3. The van der Waals surface area contributed by atoms with Crippen LogP contribution in [0.4, 0.5) is 0 Å². The van der Waals surface area contributed by atoms with Crippen molar-refractivity contribution in [1.82, 2.24) is 20.4 Å². The summed E-state index contributed by atoms with van der Waals surface area (Å²) in [6.07, 6.45) is 6.10. The number of likely N-dealkylation sites (N-methyl/N-ethyl adjacent to an activating group) is 1. The second kappa shape index (κ2) is 13.6. The fourth-order valence-corrected chi connectivity index (χ4v) is 4.26. The molecule has 1 heterocycles. The van der Waals surface area contributed by atoms with Crippen molar-refractivity contribution in [3.63, 3.8) is 0 Å². The van der Waals surface area contributed by atoms with Crippen LogP contribution in [-0.4, -0.2) is 81.0 Å². The summed E-state index contributed by atoms with van der Waals surface area (Å²) in [6, 6.07) is 8.13. The topological polar surface area (TPSA) is 86.3 Å². The van der Waals surface area contributed by atoms with Gasteiger partial charge in [-0.25, -0.2) is 4.99 Å². The van der Waals surface area contributed by atoms with Gasteiger partial charge in [-0.3, -0.25) is 9.59 Å². The lowest BCUT2D eigenvalue weighted by atomic mass is 10.1. The molecular weight excluding hydrogens is 533 g/mol. The molecule has 1 atom stereocenters. The summed E-state index contributed by atoms with van der Waals surface area (Å²) in [5, 5.41) is 6.80. The highest BCUT2D eigenvalue weighted by molar-refractivity contribution is 14.0. The second-order valence-corrected chi connectivity index (χ2v) is 8.87. The van der Waals surface area contributed by atoms with Gasteiger partial charge in [0, 0.05) is 45.7 Å². The number of nitrogens with one attached hydrogen (secondary N) is 2. The Balaban J connectivity index is 0.00000385. The zero-order valence-electron chi connectivity index (χ0n) is 20.0. The van der Waals surface area contributed by atoms with Gasteiger partial charge >= 0.3 is 0 Å². The van der Waals surface area contributed by atoms with E-state index in [4.69, 9.17) is 4.74 Å². The Hall–Kier alpha value is -2.04. The first kappa shape index (κ1) is 27.2. The fraction of sp³-hybridized carbons (Fsp3) is 0.625. The van der Waals surface area contributed by atoms with Gasteiger partial charge in [-0.1, -0.05) is 25.0 Å². The number of amides is 2. The third-order valence-electron chi connectivity index (χ3n) is 6.28. The lowest BCUT2D eigenvalue weighted by Gasteiger charge is -2.22. The van der Waals surface area contributed by atoms with Crippen molar-refractivity contribution in [3.8, 4) is 5.75 Å². The molecule has 2 aliphatic rings. The third kappa shape index (κ3) is 8.35.